The zero-order valence-electron chi connectivity index (χ0n) is 24.2. The maximum absolute atomic E-state index is 14.7. The minimum Gasteiger partial charge on any atom is -0.507 e. The molecule has 0 heterocycles. The lowest BCUT2D eigenvalue weighted by molar-refractivity contribution is -0.181. The van der Waals surface area contributed by atoms with Crippen molar-refractivity contribution < 1.29 is 47.4 Å². The van der Waals surface area contributed by atoms with Gasteiger partial charge in [0.15, 0.2) is 34.7 Å². The Morgan fingerprint density at radius 3 is 2.26 bits per heavy atom. The van der Waals surface area contributed by atoms with Gasteiger partial charge in [-0.3, -0.25) is 33.8 Å². The number of halogens is 3. The predicted molar refractivity (Wildman–Crippen MR) is 145 cm³/mol. The molecule has 0 aliphatic heterocycles. The van der Waals surface area contributed by atoms with Crippen molar-refractivity contribution in [3.05, 3.63) is 28.3 Å². The second-order valence-corrected chi connectivity index (χ2v) is 12.8. The number of benzene rings is 1. The number of carbonyl (C=O) groups is 5. The van der Waals surface area contributed by atoms with E-state index >= 15 is 0 Å². The Bertz CT molecular complexity index is 1400. The molecule has 0 radical (unpaired) electrons. The molecule has 0 bridgehead atoms. The van der Waals surface area contributed by atoms with Gasteiger partial charge >= 0.3 is 6.18 Å². The first kappa shape index (κ1) is 31.3. The van der Waals surface area contributed by atoms with E-state index in [9.17, 15) is 47.4 Å². The maximum atomic E-state index is 14.7. The number of carbonyl (C=O) groups excluding carboxylic acids is 5. The minimum absolute atomic E-state index is 0.0706. The highest BCUT2D eigenvalue weighted by molar-refractivity contribution is 6.32. The first-order valence-electron chi connectivity index (χ1n) is 14.5. The van der Waals surface area contributed by atoms with Crippen molar-refractivity contribution in [2.45, 2.75) is 75.4 Å². The summed E-state index contributed by atoms with van der Waals surface area (Å²) in [4.78, 5) is 69.5. The van der Waals surface area contributed by atoms with Crippen LogP contribution in [0, 0.1) is 23.7 Å². The number of fused-ring (bicyclic) bond motifs is 3. The molecule has 2 unspecified atom stereocenters. The summed E-state index contributed by atoms with van der Waals surface area (Å²) < 4.78 is 44.2. The van der Waals surface area contributed by atoms with Crippen LogP contribution in [0.5, 0.6) is 5.75 Å². The van der Waals surface area contributed by atoms with Gasteiger partial charge in [-0.05, 0) is 69.9 Å². The van der Waals surface area contributed by atoms with E-state index in [1.807, 2.05) is 4.90 Å². The molecule has 4 N–H and O–H groups in total. The third kappa shape index (κ3) is 4.80. The number of aromatic hydroxyl groups is 1. The number of alkyl halides is 3. The van der Waals surface area contributed by atoms with Gasteiger partial charge in [0.2, 0.25) is 5.91 Å². The lowest BCUT2D eigenvalue weighted by atomic mass is 9.52. The van der Waals surface area contributed by atoms with Gasteiger partial charge < -0.3 is 15.9 Å². The fourth-order valence-electron chi connectivity index (χ4n) is 8.14. The Morgan fingerprint density at radius 2 is 1.70 bits per heavy atom. The molecule has 4 aliphatic rings. The van der Waals surface area contributed by atoms with Crippen molar-refractivity contribution in [1.29, 1.82) is 0 Å². The van der Waals surface area contributed by atoms with E-state index in [1.165, 1.54) is 19.0 Å². The molecular formula is C30H36F3N3O7. The first-order valence-corrected chi connectivity index (χ1v) is 14.5. The third-order valence-electron chi connectivity index (χ3n) is 10.0. The van der Waals surface area contributed by atoms with Gasteiger partial charge in [-0.15, -0.1) is 0 Å². The third-order valence-corrected chi connectivity index (χ3v) is 10.0. The number of phenolic OH excluding ortho intramolecular Hbond substituents is 1. The van der Waals surface area contributed by atoms with Crippen molar-refractivity contribution in [2.24, 2.45) is 29.4 Å². The van der Waals surface area contributed by atoms with Crippen LogP contribution >= 0.6 is 0 Å². The number of Topliss-reactive ketones (excluding diaryl/α,β-unsaturated/α-hetero) is 4. The average Bonchev–Trinajstić information content (AvgIpc) is 2.90. The Labute approximate surface area is 246 Å². The van der Waals surface area contributed by atoms with Crippen LogP contribution in [-0.2, 0) is 38.3 Å². The Morgan fingerprint density at radius 1 is 1.07 bits per heavy atom. The molecule has 10 nitrogen and oxygen atoms in total. The van der Waals surface area contributed by atoms with E-state index in [1.54, 1.807) is 7.05 Å². The lowest BCUT2D eigenvalue weighted by Crippen LogP contribution is -2.74. The minimum atomic E-state index is -4.90. The van der Waals surface area contributed by atoms with Crippen LogP contribution in [0.1, 0.15) is 65.6 Å². The Hall–Kier alpha value is -3.16. The van der Waals surface area contributed by atoms with E-state index in [0.29, 0.717) is 0 Å². The van der Waals surface area contributed by atoms with E-state index in [0.717, 1.165) is 38.2 Å². The molecule has 234 valence electrons. The molecule has 0 aromatic heterocycles. The number of nitrogens with two attached hydrogens (primary N) is 1. The Kier molecular flexibility index (Phi) is 7.84. The van der Waals surface area contributed by atoms with E-state index in [-0.39, 0.29) is 24.6 Å². The summed E-state index contributed by atoms with van der Waals surface area (Å²) in [6.07, 6.45) is -1.00. The molecule has 4 aliphatic carbocycles. The topological polar surface area (TPSA) is 158 Å². The van der Waals surface area contributed by atoms with Gasteiger partial charge in [0, 0.05) is 18.5 Å². The number of likely N-dealkylation sites (N-methyl/N-ethyl adjacent to an activating group) is 1. The van der Waals surface area contributed by atoms with Crippen LogP contribution in [0.25, 0.3) is 0 Å². The maximum Gasteiger partial charge on any atom is 0.417 e. The molecule has 13 heteroatoms. The summed E-state index contributed by atoms with van der Waals surface area (Å²) in [6.45, 7) is -0.121. The average molecular weight is 608 g/mol. The number of amides is 1. The standard InChI is InChI=1S/C30H36F3N3O7/c1-35(2)23-17-10-13-9-16-20(24(38)19(13)26(40)29(17,43)27(41)21(25(23)39)28(34)42)18(37)11-14(22(16)30(31,32)33)12-36(3)15-7-5-4-6-8-15/h11,13,15,17,19,21,23,37,43H,4-10,12H2,1-3H3,(H2,34,42)/t13-,17-,19?,21?,23-,29-/m0/s1. The predicted octanol–water partition coefficient (Wildman–Crippen LogP) is 1.65. The number of aliphatic hydroxyl groups is 1. The summed E-state index contributed by atoms with van der Waals surface area (Å²) in [7, 11) is 4.60. The van der Waals surface area contributed by atoms with Crippen molar-refractivity contribution in [1.82, 2.24) is 9.80 Å². The molecule has 1 aromatic carbocycles. The number of primary amides is 1. The van der Waals surface area contributed by atoms with Crippen LogP contribution in [-0.4, -0.2) is 87.9 Å². The largest absolute Gasteiger partial charge is 0.507 e. The van der Waals surface area contributed by atoms with Gasteiger partial charge in [0.25, 0.3) is 0 Å². The van der Waals surface area contributed by atoms with Gasteiger partial charge in [-0.25, -0.2) is 0 Å². The fourth-order valence-corrected chi connectivity index (χ4v) is 8.14. The zero-order chi connectivity index (χ0) is 31.8. The van der Waals surface area contributed by atoms with Gasteiger partial charge in [-0.2, -0.15) is 13.2 Å². The number of hydrogen-bond donors (Lipinski definition) is 3. The quantitative estimate of drug-likeness (QED) is 0.423. The molecule has 43 heavy (non-hydrogen) atoms. The number of rotatable bonds is 5. The van der Waals surface area contributed by atoms with E-state index in [2.05, 4.69) is 0 Å². The van der Waals surface area contributed by atoms with Crippen molar-refractivity contribution in [2.75, 3.05) is 21.1 Å². The zero-order valence-corrected chi connectivity index (χ0v) is 24.2. The van der Waals surface area contributed by atoms with Crippen LogP contribution in [0.3, 0.4) is 0 Å². The molecule has 6 atom stereocenters. The second-order valence-electron chi connectivity index (χ2n) is 12.8. The monoisotopic (exact) mass is 607 g/mol. The van der Waals surface area contributed by atoms with Crippen molar-refractivity contribution in [3.63, 3.8) is 0 Å². The molecule has 5 rings (SSSR count). The van der Waals surface area contributed by atoms with Gasteiger partial charge in [-0.1, -0.05) is 19.3 Å². The molecule has 1 aromatic rings. The highest BCUT2D eigenvalue weighted by atomic mass is 19.4. The molecule has 0 saturated heterocycles. The number of nitrogens with zero attached hydrogens (tertiary/aromatic N) is 2. The normalized spacial score (nSPS) is 31.7. The van der Waals surface area contributed by atoms with Crippen LogP contribution < -0.4 is 5.73 Å². The second kappa shape index (κ2) is 10.8. The fraction of sp³-hybridized carbons (Fsp3) is 0.633. The van der Waals surface area contributed by atoms with Crippen LogP contribution in [0.4, 0.5) is 13.2 Å². The lowest BCUT2D eigenvalue weighted by Gasteiger charge is -2.52. The smallest absolute Gasteiger partial charge is 0.417 e. The van der Waals surface area contributed by atoms with Crippen LogP contribution in [0.15, 0.2) is 6.07 Å². The van der Waals surface area contributed by atoms with Crippen molar-refractivity contribution in [3.8, 4) is 5.75 Å². The van der Waals surface area contributed by atoms with E-state index < -0.39 is 99.4 Å². The highest BCUT2D eigenvalue weighted by Gasteiger charge is 2.69. The summed E-state index contributed by atoms with van der Waals surface area (Å²) in [5, 5.41) is 22.6. The highest BCUT2D eigenvalue weighted by Crippen LogP contribution is 2.52. The number of hydrogen-bond acceptors (Lipinski definition) is 9. The Balaban J connectivity index is 1.61. The molecule has 3 fully saturated rings. The number of ketones is 4. The SMILES string of the molecule is CN(Cc1cc(O)c2c(c1C(F)(F)F)C[C@H]1C[C@H]3[C@H](N(C)C)C(=O)C(C(N)=O)C(=O)[C@@]3(O)C(=O)C1C2=O)C1CCCCC1. The van der Waals surface area contributed by atoms with Crippen molar-refractivity contribution >= 4 is 29.0 Å². The molecular weight excluding hydrogens is 571 g/mol. The van der Waals surface area contributed by atoms with Crippen LogP contribution in [0.2, 0.25) is 0 Å². The number of phenols is 1. The summed E-state index contributed by atoms with van der Waals surface area (Å²) in [5.74, 6) is -13.3. The molecule has 0 spiro atoms. The summed E-state index contributed by atoms with van der Waals surface area (Å²) in [5.41, 5.74) is 0.0192. The van der Waals surface area contributed by atoms with E-state index in [4.69, 9.17) is 5.73 Å². The molecule has 3 saturated carbocycles. The summed E-state index contributed by atoms with van der Waals surface area (Å²) >= 11 is 0. The summed E-state index contributed by atoms with van der Waals surface area (Å²) in [6, 6.07) is -0.353. The van der Waals surface area contributed by atoms with Gasteiger partial charge in [0.1, 0.15) is 5.75 Å². The van der Waals surface area contributed by atoms with Gasteiger partial charge in [0.05, 0.1) is 23.1 Å². The first-order chi connectivity index (χ1) is 20.0. The molecule has 1 amide bonds.